The summed E-state index contributed by atoms with van der Waals surface area (Å²) >= 11 is 0. The van der Waals surface area contributed by atoms with Crippen LogP contribution in [0.15, 0.2) is 18.2 Å². The van der Waals surface area contributed by atoms with E-state index in [0.29, 0.717) is 30.7 Å². The number of likely N-dealkylation sites (tertiary alicyclic amines) is 1. The van der Waals surface area contributed by atoms with Gasteiger partial charge in [-0.15, -0.1) is 0 Å². The van der Waals surface area contributed by atoms with Gasteiger partial charge in [0, 0.05) is 31.2 Å². The molecule has 27 heavy (non-hydrogen) atoms. The van der Waals surface area contributed by atoms with Crippen LogP contribution < -0.4 is 15.4 Å². The fourth-order valence-corrected chi connectivity index (χ4v) is 3.14. The van der Waals surface area contributed by atoms with E-state index >= 15 is 0 Å². The minimum atomic E-state index is -1.61. The van der Waals surface area contributed by atoms with Gasteiger partial charge in [0.1, 0.15) is 11.6 Å². The summed E-state index contributed by atoms with van der Waals surface area (Å²) in [4.78, 5) is 25.9. The highest BCUT2D eigenvalue weighted by Gasteiger charge is 2.42. The van der Waals surface area contributed by atoms with E-state index in [1.165, 1.54) is 24.1 Å². The Morgan fingerprint density at radius 1 is 1.44 bits per heavy atom. The molecule has 0 aliphatic carbocycles. The molecule has 0 aromatic heterocycles. The van der Waals surface area contributed by atoms with E-state index in [1.54, 1.807) is 6.07 Å². The number of carbonyl (C=O) groups excluding carboxylic acids is 2. The number of rotatable bonds is 8. The molecule has 2 amide bonds. The molecule has 2 rings (SSSR count). The fraction of sp³-hybridized carbons (Fsp3) is 0.579. The van der Waals surface area contributed by atoms with E-state index in [9.17, 15) is 19.1 Å². The van der Waals surface area contributed by atoms with Crippen molar-refractivity contribution in [2.24, 2.45) is 0 Å². The van der Waals surface area contributed by atoms with Crippen molar-refractivity contribution >= 4 is 11.8 Å². The van der Waals surface area contributed by atoms with Crippen LogP contribution in [0.4, 0.5) is 4.39 Å². The molecular weight excluding hydrogens is 353 g/mol. The zero-order chi connectivity index (χ0) is 20.0. The summed E-state index contributed by atoms with van der Waals surface area (Å²) in [7, 11) is 1.49. The lowest BCUT2D eigenvalue weighted by molar-refractivity contribution is -0.157. The molecule has 0 radical (unpaired) electrons. The molecule has 1 heterocycles. The summed E-state index contributed by atoms with van der Waals surface area (Å²) in [6, 6.07) is 4.38. The van der Waals surface area contributed by atoms with Crippen molar-refractivity contribution in [3.63, 3.8) is 0 Å². The number of ether oxygens (including phenoxy) is 1. The highest BCUT2D eigenvalue weighted by atomic mass is 19.1. The smallest absolute Gasteiger partial charge is 0.256 e. The van der Waals surface area contributed by atoms with Crippen LogP contribution in [0.25, 0.3) is 0 Å². The third-order valence-corrected chi connectivity index (χ3v) is 4.47. The quantitative estimate of drug-likeness (QED) is 0.620. The molecule has 1 fully saturated rings. The normalized spacial score (nSPS) is 20.1. The first-order valence-corrected chi connectivity index (χ1v) is 9.09. The number of piperidine rings is 1. The SMILES string of the molecule is COc1ccc(F)c(CN2CCC[C@](O)(CNCC(=O)NC(C)C)C2=O)c1. The van der Waals surface area contributed by atoms with Crippen LogP contribution >= 0.6 is 0 Å². The Labute approximate surface area is 158 Å². The number of carbonyl (C=O) groups is 2. The van der Waals surface area contributed by atoms with E-state index < -0.39 is 17.3 Å². The summed E-state index contributed by atoms with van der Waals surface area (Å²) in [5.74, 6) is -0.593. The van der Waals surface area contributed by atoms with Crippen LogP contribution in [0.2, 0.25) is 0 Å². The molecule has 0 bridgehead atoms. The number of hydrogen-bond donors (Lipinski definition) is 3. The van der Waals surface area contributed by atoms with Crippen molar-refractivity contribution in [2.45, 2.75) is 44.9 Å². The standard InChI is InChI=1S/C19H28FN3O4/c1-13(2)22-17(24)10-21-12-19(26)7-4-8-23(18(19)25)11-14-9-15(27-3)5-6-16(14)20/h5-6,9,13,21,26H,4,7-8,10-12H2,1-3H3,(H,22,24)/t19-/m0/s1. The maximum atomic E-state index is 14.1. The largest absolute Gasteiger partial charge is 0.497 e. The first-order valence-electron chi connectivity index (χ1n) is 9.09. The lowest BCUT2D eigenvalue weighted by atomic mass is 9.91. The average Bonchev–Trinajstić information content (AvgIpc) is 2.60. The van der Waals surface area contributed by atoms with Crippen LogP contribution in [0, 0.1) is 5.82 Å². The minimum Gasteiger partial charge on any atom is -0.497 e. The Morgan fingerprint density at radius 2 is 2.19 bits per heavy atom. The second kappa shape index (κ2) is 9.14. The molecular formula is C19H28FN3O4. The number of nitrogens with one attached hydrogen (secondary N) is 2. The molecule has 1 aliphatic rings. The molecule has 150 valence electrons. The lowest BCUT2D eigenvalue weighted by Crippen LogP contribution is -2.58. The number of aliphatic hydroxyl groups is 1. The predicted octanol–water partition coefficient (Wildman–Crippen LogP) is 0.802. The first kappa shape index (κ1) is 21.1. The zero-order valence-electron chi connectivity index (χ0n) is 16.0. The fourth-order valence-electron chi connectivity index (χ4n) is 3.14. The first-order chi connectivity index (χ1) is 12.7. The van der Waals surface area contributed by atoms with E-state index in [4.69, 9.17) is 4.74 Å². The molecule has 1 saturated heterocycles. The second-order valence-electron chi connectivity index (χ2n) is 7.14. The summed E-state index contributed by atoms with van der Waals surface area (Å²) in [6.45, 7) is 4.17. The topological polar surface area (TPSA) is 90.9 Å². The molecule has 1 aromatic rings. The molecule has 8 heteroatoms. The van der Waals surface area contributed by atoms with Crippen LogP contribution in [0.5, 0.6) is 5.75 Å². The van der Waals surface area contributed by atoms with E-state index in [1.807, 2.05) is 13.8 Å². The van der Waals surface area contributed by atoms with Gasteiger partial charge in [-0.2, -0.15) is 0 Å². The van der Waals surface area contributed by atoms with Gasteiger partial charge in [-0.3, -0.25) is 9.59 Å². The molecule has 7 nitrogen and oxygen atoms in total. The monoisotopic (exact) mass is 381 g/mol. The highest BCUT2D eigenvalue weighted by molar-refractivity contribution is 5.86. The van der Waals surface area contributed by atoms with E-state index in [2.05, 4.69) is 10.6 Å². The molecule has 0 spiro atoms. The molecule has 1 aliphatic heterocycles. The number of nitrogens with zero attached hydrogens (tertiary/aromatic N) is 1. The third kappa shape index (κ3) is 5.64. The molecule has 1 atom stereocenters. The summed E-state index contributed by atoms with van der Waals surface area (Å²) in [5.41, 5.74) is -1.28. The van der Waals surface area contributed by atoms with Crippen molar-refractivity contribution in [1.29, 1.82) is 0 Å². The Kier molecular flexibility index (Phi) is 7.15. The van der Waals surface area contributed by atoms with Gasteiger partial charge in [0.05, 0.1) is 13.7 Å². The maximum Gasteiger partial charge on any atom is 0.256 e. The number of halogens is 1. The second-order valence-corrected chi connectivity index (χ2v) is 7.14. The molecule has 0 saturated carbocycles. The summed E-state index contributed by atoms with van der Waals surface area (Å²) in [5, 5.41) is 16.3. The summed E-state index contributed by atoms with van der Waals surface area (Å²) < 4.78 is 19.2. The van der Waals surface area contributed by atoms with Crippen LogP contribution in [-0.4, -0.2) is 60.2 Å². The number of hydrogen-bond acceptors (Lipinski definition) is 5. The Morgan fingerprint density at radius 3 is 2.85 bits per heavy atom. The zero-order valence-corrected chi connectivity index (χ0v) is 16.0. The van der Waals surface area contributed by atoms with Gasteiger partial charge in [-0.25, -0.2) is 4.39 Å². The lowest BCUT2D eigenvalue weighted by Gasteiger charge is -2.38. The summed E-state index contributed by atoms with van der Waals surface area (Å²) in [6.07, 6.45) is 0.884. The van der Waals surface area contributed by atoms with Gasteiger partial charge in [-0.05, 0) is 44.9 Å². The van der Waals surface area contributed by atoms with Gasteiger partial charge in [0.2, 0.25) is 5.91 Å². The van der Waals surface area contributed by atoms with Gasteiger partial charge in [0.25, 0.3) is 5.91 Å². The number of benzene rings is 1. The van der Waals surface area contributed by atoms with Crippen molar-refractivity contribution in [3.05, 3.63) is 29.6 Å². The van der Waals surface area contributed by atoms with Crippen molar-refractivity contribution in [1.82, 2.24) is 15.5 Å². The van der Waals surface area contributed by atoms with Crippen molar-refractivity contribution in [2.75, 3.05) is 26.7 Å². The van der Waals surface area contributed by atoms with Crippen LogP contribution in [0.1, 0.15) is 32.3 Å². The van der Waals surface area contributed by atoms with Gasteiger partial charge in [0.15, 0.2) is 5.60 Å². The van der Waals surface area contributed by atoms with E-state index in [0.717, 1.165) is 0 Å². The van der Waals surface area contributed by atoms with E-state index in [-0.39, 0.29) is 31.6 Å². The number of amides is 2. The number of methoxy groups -OCH3 is 1. The Bertz CT molecular complexity index is 683. The minimum absolute atomic E-state index is 0.0122. The van der Waals surface area contributed by atoms with Gasteiger partial charge in [-0.1, -0.05) is 0 Å². The molecule has 1 aromatic carbocycles. The average molecular weight is 381 g/mol. The van der Waals surface area contributed by atoms with Gasteiger partial charge >= 0.3 is 0 Å². The molecule has 3 N–H and O–H groups in total. The Balaban J connectivity index is 1.99. The highest BCUT2D eigenvalue weighted by Crippen LogP contribution is 2.25. The van der Waals surface area contributed by atoms with Gasteiger partial charge < -0.3 is 25.4 Å². The van der Waals surface area contributed by atoms with Crippen molar-refractivity contribution < 1.29 is 23.8 Å². The van der Waals surface area contributed by atoms with Crippen molar-refractivity contribution in [3.8, 4) is 5.75 Å². The molecule has 0 unspecified atom stereocenters. The van der Waals surface area contributed by atoms with Crippen LogP contribution in [0.3, 0.4) is 0 Å². The third-order valence-electron chi connectivity index (χ3n) is 4.47. The maximum absolute atomic E-state index is 14.1. The van der Waals surface area contributed by atoms with Crippen LogP contribution in [-0.2, 0) is 16.1 Å². The predicted molar refractivity (Wildman–Crippen MR) is 98.7 cm³/mol. The Hall–Kier alpha value is -2.19.